The van der Waals surface area contributed by atoms with Crippen LogP contribution in [0.5, 0.6) is 0 Å². The highest BCUT2D eigenvalue weighted by Crippen LogP contribution is 2.23. The number of thioether (sulfide) groups is 1. The molecule has 0 radical (unpaired) electrons. The summed E-state index contributed by atoms with van der Waals surface area (Å²) in [7, 11) is 0. The van der Waals surface area contributed by atoms with Gasteiger partial charge in [-0.25, -0.2) is 0 Å². The summed E-state index contributed by atoms with van der Waals surface area (Å²) in [4.78, 5) is 1.28. The van der Waals surface area contributed by atoms with Crippen molar-refractivity contribution in [3.05, 3.63) is 21.3 Å². The lowest BCUT2D eigenvalue weighted by Crippen LogP contribution is -2.25. The Labute approximate surface area is 99.0 Å². The van der Waals surface area contributed by atoms with Gasteiger partial charge in [-0.05, 0) is 23.8 Å². The molecule has 80 valence electrons. The Hall–Kier alpha value is 0.300. The molecule has 0 aromatic carbocycles. The van der Waals surface area contributed by atoms with E-state index in [1.54, 1.807) is 11.3 Å². The highest BCUT2D eigenvalue weighted by molar-refractivity contribution is 7.99. The van der Waals surface area contributed by atoms with Crippen LogP contribution in [0.25, 0.3) is 0 Å². The molecule has 0 amide bonds. The number of nitrogens with two attached hydrogens (primary N) is 1. The summed E-state index contributed by atoms with van der Waals surface area (Å²) in [5.74, 6) is 1.02. The molecule has 4 heteroatoms. The van der Waals surface area contributed by atoms with Crippen LogP contribution in [0.2, 0.25) is 4.34 Å². The lowest BCUT2D eigenvalue weighted by atomic mass is 10.2. The Bertz CT molecular complexity index is 273. The Kier molecular flexibility index (Phi) is 5.31. The average molecular weight is 250 g/mol. The first kappa shape index (κ1) is 12.4. The van der Waals surface area contributed by atoms with Gasteiger partial charge < -0.3 is 5.73 Å². The molecule has 0 spiro atoms. The van der Waals surface area contributed by atoms with E-state index in [-0.39, 0.29) is 6.04 Å². The van der Waals surface area contributed by atoms with E-state index >= 15 is 0 Å². The first-order chi connectivity index (χ1) is 6.58. The van der Waals surface area contributed by atoms with Gasteiger partial charge in [0.25, 0.3) is 0 Å². The van der Waals surface area contributed by atoms with E-state index in [4.69, 9.17) is 17.3 Å². The molecule has 2 N–H and O–H groups in total. The highest BCUT2D eigenvalue weighted by Gasteiger charge is 2.07. The van der Waals surface area contributed by atoms with Gasteiger partial charge >= 0.3 is 0 Å². The van der Waals surface area contributed by atoms with Gasteiger partial charge in [-0.3, -0.25) is 0 Å². The van der Waals surface area contributed by atoms with Crippen LogP contribution >= 0.6 is 34.7 Å². The summed E-state index contributed by atoms with van der Waals surface area (Å²) in [6.45, 7) is 4.39. The number of hydrogen-bond donors (Lipinski definition) is 1. The smallest absolute Gasteiger partial charge is 0.0931 e. The van der Waals surface area contributed by atoms with Crippen molar-refractivity contribution in [3.63, 3.8) is 0 Å². The first-order valence-electron chi connectivity index (χ1n) is 4.69. The Morgan fingerprint density at radius 1 is 1.50 bits per heavy atom. The van der Waals surface area contributed by atoms with E-state index in [1.165, 1.54) is 4.88 Å². The quantitative estimate of drug-likeness (QED) is 0.866. The van der Waals surface area contributed by atoms with E-state index in [0.29, 0.717) is 5.25 Å². The van der Waals surface area contributed by atoms with Crippen LogP contribution in [0.4, 0.5) is 0 Å². The van der Waals surface area contributed by atoms with Crippen molar-refractivity contribution in [3.8, 4) is 0 Å². The van der Waals surface area contributed by atoms with Crippen LogP contribution in [0.15, 0.2) is 12.1 Å². The average Bonchev–Trinajstić information content (AvgIpc) is 2.48. The second-order valence-electron chi connectivity index (χ2n) is 3.55. The van der Waals surface area contributed by atoms with Crippen molar-refractivity contribution >= 4 is 34.7 Å². The number of halogens is 1. The monoisotopic (exact) mass is 249 g/mol. The van der Waals surface area contributed by atoms with Gasteiger partial charge in [0.1, 0.15) is 0 Å². The third-order valence-corrected chi connectivity index (χ3v) is 4.28. The first-order valence-corrected chi connectivity index (χ1v) is 6.93. The molecular weight excluding hydrogens is 234 g/mol. The van der Waals surface area contributed by atoms with E-state index in [9.17, 15) is 0 Å². The van der Waals surface area contributed by atoms with E-state index < -0.39 is 0 Å². The molecule has 1 aromatic rings. The molecule has 1 unspecified atom stereocenters. The van der Waals surface area contributed by atoms with Gasteiger partial charge in [0.2, 0.25) is 0 Å². The molecule has 0 aliphatic heterocycles. The minimum atomic E-state index is 0.247. The molecule has 14 heavy (non-hydrogen) atoms. The van der Waals surface area contributed by atoms with Crippen molar-refractivity contribution < 1.29 is 0 Å². The predicted octanol–water partition coefficient (Wildman–Crippen LogP) is 3.41. The number of thiophene rings is 1. The van der Waals surface area contributed by atoms with Crippen molar-refractivity contribution in [1.82, 2.24) is 0 Å². The van der Waals surface area contributed by atoms with Crippen LogP contribution in [0.3, 0.4) is 0 Å². The molecule has 0 fully saturated rings. The zero-order valence-corrected chi connectivity index (χ0v) is 10.9. The molecule has 0 bridgehead atoms. The summed E-state index contributed by atoms with van der Waals surface area (Å²) in [5, 5.41) is 0.660. The van der Waals surface area contributed by atoms with E-state index in [2.05, 4.69) is 19.9 Å². The minimum absolute atomic E-state index is 0.247. The summed E-state index contributed by atoms with van der Waals surface area (Å²) < 4.78 is 0.851. The second-order valence-corrected chi connectivity index (χ2v) is 6.96. The van der Waals surface area contributed by atoms with Gasteiger partial charge in [-0.2, -0.15) is 11.8 Å². The molecular formula is C10H16ClNS2. The molecule has 1 heterocycles. The van der Waals surface area contributed by atoms with Gasteiger partial charge in [0.05, 0.1) is 4.34 Å². The number of rotatable bonds is 5. The predicted molar refractivity (Wildman–Crippen MR) is 68.6 cm³/mol. The van der Waals surface area contributed by atoms with E-state index in [0.717, 1.165) is 16.5 Å². The minimum Gasteiger partial charge on any atom is -0.327 e. The maximum Gasteiger partial charge on any atom is 0.0931 e. The molecule has 1 nitrogen and oxygen atoms in total. The molecule has 1 atom stereocenters. The van der Waals surface area contributed by atoms with Gasteiger partial charge in [-0.15, -0.1) is 11.3 Å². The lowest BCUT2D eigenvalue weighted by molar-refractivity contribution is 0.756. The summed E-state index contributed by atoms with van der Waals surface area (Å²) >= 11 is 9.38. The van der Waals surface area contributed by atoms with Crippen LogP contribution in [-0.4, -0.2) is 17.0 Å². The molecule has 1 rings (SSSR count). The summed E-state index contributed by atoms with van der Waals surface area (Å²) in [5.41, 5.74) is 6.01. The Morgan fingerprint density at radius 2 is 2.21 bits per heavy atom. The SMILES string of the molecule is CC(C)SCC(N)Cc1ccc(Cl)s1. The van der Waals surface area contributed by atoms with Crippen molar-refractivity contribution in [2.75, 3.05) is 5.75 Å². The molecule has 0 aliphatic rings. The fourth-order valence-corrected chi connectivity index (χ4v) is 3.03. The fourth-order valence-electron chi connectivity index (χ4n) is 1.09. The standard InChI is InChI=1S/C10H16ClNS2/c1-7(2)13-6-8(12)5-9-3-4-10(11)14-9/h3-4,7-8H,5-6,12H2,1-2H3. The van der Waals surface area contributed by atoms with Crippen LogP contribution in [-0.2, 0) is 6.42 Å². The molecule has 1 aromatic heterocycles. The Balaban J connectivity index is 2.30. The second kappa shape index (κ2) is 6.01. The lowest BCUT2D eigenvalue weighted by Gasteiger charge is -2.11. The van der Waals surface area contributed by atoms with Crippen LogP contribution < -0.4 is 5.73 Å². The summed E-state index contributed by atoms with van der Waals surface area (Å²) in [6, 6.07) is 4.24. The molecule has 0 saturated heterocycles. The maximum atomic E-state index is 6.01. The third-order valence-electron chi connectivity index (χ3n) is 1.74. The van der Waals surface area contributed by atoms with Gasteiger partial charge in [-0.1, -0.05) is 25.4 Å². The Morgan fingerprint density at radius 3 is 2.71 bits per heavy atom. The fraction of sp³-hybridized carbons (Fsp3) is 0.600. The van der Waals surface area contributed by atoms with Crippen molar-refractivity contribution in [1.29, 1.82) is 0 Å². The van der Waals surface area contributed by atoms with Crippen molar-refractivity contribution in [2.45, 2.75) is 31.6 Å². The number of hydrogen-bond acceptors (Lipinski definition) is 3. The van der Waals surface area contributed by atoms with Crippen molar-refractivity contribution in [2.24, 2.45) is 5.73 Å². The topological polar surface area (TPSA) is 26.0 Å². The van der Waals surface area contributed by atoms with Crippen LogP contribution in [0.1, 0.15) is 18.7 Å². The van der Waals surface area contributed by atoms with Crippen LogP contribution in [0, 0.1) is 0 Å². The largest absolute Gasteiger partial charge is 0.327 e. The maximum absolute atomic E-state index is 6.01. The normalized spacial score (nSPS) is 13.5. The third kappa shape index (κ3) is 4.69. The molecule has 0 saturated carbocycles. The zero-order valence-electron chi connectivity index (χ0n) is 8.50. The summed E-state index contributed by atoms with van der Waals surface area (Å²) in [6.07, 6.45) is 0.942. The molecule has 0 aliphatic carbocycles. The van der Waals surface area contributed by atoms with E-state index in [1.807, 2.05) is 17.8 Å². The zero-order chi connectivity index (χ0) is 10.6. The van der Waals surface area contributed by atoms with Gasteiger partial charge in [0.15, 0.2) is 0 Å². The van der Waals surface area contributed by atoms with Gasteiger partial charge in [0, 0.05) is 16.7 Å². The highest BCUT2D eigenvalue weighted by atomic mass is 35.5.